The molecule has 0 radical (unpaired) electrons. The highest BCUT2D eigenvalue weighted by molar-refractivity contribution is 5.85. The van der Waals surface area contributed by atoms with Crippen molar-refractivity contribution in [1.29, 1.82) is 0 Å². The summed E-state index contributed by atoms with van der Waals surface area (Å²) in [5, 5.41) is 0. The molecule has 1 saturated heterocycles. The van der Waals surface area contributed by atoms with Gasteiger partial charge in [-0.15, -0.1) is 12.4 Å². The Balaban J connectivity index is 0.00000192. The lowest BCUT2D eigenvalue weighted by Crippen LogP contribution is -2.32. The van der Waals surface area contributed by atoms with E-state index in [-0.39, 0.29) is 12.4 Å². The molecule has 0 aliphatic carbocycles. The number of para-hydroxylation sites is 2. The van der Waals surface area contributed by atoms with Crippen LogP contribution in [0.2, 0.25) is 0 Å². The predicted octanol–water partition coefficient (Wildman–Crippen LogP) is 5.17. The van der Waals surface area contributed by atoms with Crippen molar-refractivity contribution in [1.82, 2.24) is 18.9 Å². The number of imidazole rings is 2. The first-order chi connectivity index (χ1) is 13.3. The van der Waals surface area contributed by atoms with Gasteiger partial charge in [-0.1, -0.05) is 48.4 Å². The topological polar surface area (TPSA) is 25.5 Å². The fraction of sp³-hybridized carbons (Fsp3) is 0.348. The number of hydrogen-bond acceptors (Lipinski definition) is 2. The Bertz CT molecular complexity index is 1070. The van der Waals surface area contributed by atoms with E-state index in [1.165, 1.54) is 54.5 Å². The SMILES string of the molecule is Cc1ccc(-c2cn3c4ccccc4n(CCN4CCCCC4)c3n2)cc1.Cl. The summed E-state index contributed by atoms with van der Waals surface area (Å²) in [4.78, 5) is 7.62. The predicted molar refractivity (Wildman–Crippen MR) is 118 cm³/mol. The summed E-state index contributed by atoms with van der Waals surface area (Å²) in [7, 11) is 0. The molecule has 0 unspecified atom stereocenters. The Hall–Kier alpha value is -2.30. The summed E-state index contributed by atoms with van der Waals surface area (Å²) in [5.41, 5.74) is 6.00. The molecule has 4 aromatic rings. The Kier molecular flexibility index (Phi) is 5.42. The van der Waals surface area contributed by atoms with Crippen LogP contribution < -0.4 is 0 Å². The van der Waals surface area contributed by atoms with Crippen LogP contribution in [0.4, 0.5) is 0 Å². The maximum atomic E-state index is 5.02. The average Bonchev–Trinajstić information content (AvgIpc) is 3.26. The van der Waals surface area contributed by atoms with Gasteiger partial charge in [0.1, 0.15) is 0 Å². The second-order valence-electron chi connectivity index (χ2n) is 7.70. The molecule has 2 aromatic carbocycles. The molecule has 1 fully saturated rings. The summed E-state index contributed by atoms with van der Waals surface area (Å²) in [6, 6.07) is 17.3. The first kappa shape index (κ1) is 19.0. The van der Waals surface area contributed by atoms with Gasteiger partial charge in [-0.2, -0.15) is 0 Å². The summed E-state index contributed by atoms with van der Waals surface area (Å²) >= 11 is 0. The standard InChI is InChI=1S/C23H26N4.ClH/c1-18-9-11-19(12-10-18)20-17-27-22-8-4-3-7-21(22)26(23(27)24-20)16-15-25-13-5-2-6-14-25;/h3-4,7-12,17H,2,5-6,13-16H2,1H3;1H. The van der Waals surface area contributed by atoms with Crippen molar-refractivity contribution >= 4 is 29.2 Å². The Morgan fingerprint density at radius 3 is 2.32 bits per heavy atom. The minimum Gasteiger partial charge on any atom is -0.308 e. The normalized spacial score (nSPS) is 15.2. The Morgan fingerprint density at radius 2 is 1.57 bits per heavy atom. The van der Waals surface area contributed by atoms with E-state index in [9.17, 15) is 0 Å². The zero-order valence-corrected chi connectivity index (χ0v) is 17.2. The van der Waals surface area contributed by atoms with Crippen LogP contribution in [0.5, 0.6) is 0 Å². The molecule has 0 atom stereocenters. The summed E-state index contributed by atoms with van der Waals surface area (Å²) in [5.74, 6) is 1.05. The average molecular weight is 395 g/mol. The number of nitrogens with zero attached hydrogens (tertiary/aromatic N) is 4. The summed E-state index contributed by atoms with van der Waals surface area (Å²) in [6.45, 7) is 6.68. The second-order valence-corrected chi connectivity index (χ2v) is 7.70. The maximum Gasteiger partial charge on any atom is 0.215 e. The summed E-state index contributed by atoms with van der Waals surface area (Å²) in [6.07, 6.45) is 6.23. The molecular weight excluding hydrogens is 368 g/mol. The monoisotopic (exact) mass is 394 g/mol. The van der Waals surface area contributed by atoms with E-state index in [2.05, 4.69) is 75.5 Å². The van der Waals surface area contributed by atoms with Gasteiger partial charge in [0.2, 0.25) is 5.78 Å². The number of likely N-dealkylation sites (tertiary alicyclic amines) is 1. The molecule has 0 amide bonds. The van der Waals surface area contributed by atoms with Crippen molar-refractivity contribution in [2.45, 2.75) is 32.7 Å². The van der Waals surface area contributed by atoms with E-state index >= 15 is 0 Å². The number of hydrogen-bond donors (Lipinski definition) is 0. The third-order valence-electron chi connectivity index (χ3n) is 5.80. The highest BCUT2D eigenvalue weighted by Gasteiger charge is 2.16. The smallest absolute Gasteiger partial charge is 0.215 e. The maximum absolute atomic E-state index is 5.02. The second kappa shape index (κ2) is 7.98. The van der Waals surface area contributed by atoms with Crippen molar-refractivity contribution in [3.8, 4) is 11.3 Å². The van der Waals surface area contributed by atoms with E-state index in [1.807, 2.05) is 0 Å². The number of aromatic nitrogens is 3. The molecule has 5 heteroatoms. The molecule has 4 nitrogen and oxygen atoms in total. The van der Waals surface area contributed by atoms with E-state index in [0.717, 1.165) is 24.6 Å². The lowest BCUT2D eigenvalue weighted by Gasteiger charge is -2.26. The molecule has 0 saturated carbocycles. The first-order valence-electron chi connectivity index (χ1n) is 10.1. The van der Waals surface area contributed by atoms with Gasteiger partial charge in [-0.05, 0) is 45.0 Å². The zero-order chi connectivity index (χ0) is 18.2. The number of aryl methyl sites for hydroxylation is 1. The van der Waals surface area contributed by atoms with Gasteiger partial charge in [-0.25, -0.2) is 4.98 Å². The van der Waals surface area contributed by atoms with Crippen molar-refractivity contribution in [3.05, 3.63) is 60.3 Å². The zero-order valence-electron chi connectivity index (χ0n) is 16.3. The third-order valence-corrected chi connectivity index (χ3v) is 5.80. The number of piperidine rings is 1. The van der Waals surface area contributed by atoms with Gasteiger partial charge in [0.25, 0.3) is 0 Å². The van der Waals surface area contributed by atoms with Crippen LogP contribution in [-0.2, 0) is 6.54 Å². The van der Waals surface area contributed by atoms with E-state index in [0.29, 0.717) is 0 Å². The van der Waals surface area contributed by atoms with E-state index in [1.54, 1.807) is 0 Å². The van der Waals surface area contributed by atoms with Crippen molar-refractivity contribution in [2.24, 2.45) is 0 Å². The molecular formula is C23H27ClN4. The molecule has 0 spiro atoms. The van der Waals surface area contributed by atoms with E-state index < -0.39 is 0 Å². The van der Waals surface area contributed by atoms with Gasteiger partial charge >= 0.3 is 0 Å². The quantitative estimate of drug-likeness (QED) is 0.477. The first-order valence-corrected chi connectivity index (χ1v) is 10.1. The largest absolute Gasteiger partial charge is 0.308 e. The number of fused-ring (bicyclic) bond motifs is 3. The number of rotatable bonds is 4. The molecule has 5 rings (SSSR count). The van der Waals surface area contributed by atoms with Crippen LogP contribution in [0.25, 0.3) is 28.1 Å². The van der Waals surface area contributed by atoms with E-state index in [4.69, 9.17) is 4.98 Å². The van der Waals surface area contributed by atoms with Gasteiger partial charge in [0, 0.05) is 24.8 Å². The van der Waals surface area contributed by atoms with Crippen LogP contribution in [0.15, 0.2) is 54.7 Å². The molecule has 1 aliphatic heterocycles. The van der Waals surface area contributed by atoms with Crippen LogP contribution in [0.3, 0.4) is 0 Å². The highest BCUT2D eigenvalue weighted by Crippen LogP contribution is 2.26. The van der Waals surface area contributed by atoms with Gasteiger partial charge in [0.05, 0.1) is 16.7 Å². The van der Waals surface area contributed by atoms with Crippen molar-refractivity contribution in [2.75, 3.05) is 19.6 Å². The van der Waals surface area contributed by atoms with Crippen molar-refractivity contribution in [3.63, 3.8) is 0 Å². The molecule has 0 N–H and O–H groups in total. The number of benzene rings is 2. The van der Waals surface area contributed by atoms with Gasteiger partial charge in [-0.3, -0.25) is 4.40 Å². The van der Waals surface area contributed by atoms with Gasteiger partial charge in [0.15, 0.2) is 0 Å². The molecule has 2 aromatic heterocycles. The summed E-state index contributed by atoms with van der Waals surface area (Å²) < 4.78 is 4.64. The molecule has 3 heterocycles. The molecule has 0 bridgehead atoms. The fourth-order valence-electron chi connectivity index (χ4n) is 4.25. The number of halogens is 1. The lowest BCUT2D eigenvalue weighted by molar-refractivity contribution is 0.222. The van der Waals surface area contributed by atoms with Crippen molar-refractivity contribution < 1.29 is 0 Å². The van der Waals surface area contributed by atoms with Crippen LogP contribution in [-0.4, -0.2) is 38.5 Å². The van der Waals surface area contributed by atoms with Crippen LogP contribution in [0, 0.1) is 6.92 Å². The highest BCUT2D eigenvalue weighted by atomic mass is 35.5. The fourth-order valence-corrected chi connectivity index (χ4v) is 4.25. The van der Waals surface area contributed by atoms with Gasteiger partial charge < -0.3 is 9.47 Å². The van der Waals surface area contributed by atoms with Crippen LogP contribution >= 0.6 is 12.4 Å². The molecule has 146 valence electrons. The molecule has 1 aliphatic rings. The third kappa shape index (κ3) is 3.43. The Labute approximate surface area is 172 Å². The minimum atomic E-state index is 0. The van der Waals surface area contributed by atoms with Crippen LogP contribution in [0.1, 0.15) is 24.8 Å². The molecule has 28 heavy (non-hydrogen) atoms. The minimum absolute atomic E-state index is 0. The Morgan fingerprint density at radius 1 is 0.857 bits per heavy atom. The lowest BCUT2D eigenvalue weighted by atomic mass is 10.1.